The number of hydrogen-bond acceptors (Lipinski definition) is 5. The Kier molecular flexibility index (Phi) is 4.96. The zero-order valence-electron chi connectivity index (χ0n) is 19.0. The summed E-state index contributed by atoms with van der Waals surface area (Å²) in [6, 6.07) is 8.23. The molecule has 3 aliphatic heterocycles. The summed E-state index contributed by atoms with van der Waals surface area (Å²) in [4.78, 5) is 22.1. The van der Waals surface area contributed by atoms with Gasteiger partial charge in [-0.25, -0.2) is 0 Å². The molecular weight excluding hydrogens is 454 g/mol. The number of benzene rings is 1. The van der Waals surface area contributed by atoms with Gasteiger partial charge in [0.25, 0.3) is 0 Å². The summed E-state index contributed by atoms with van der Waals surface area (Å²) in [6.45, 7) is 6.25. The van der Waals surface area contributed by atoms with E-state index >= 15 is 0 Å². The topological polar surface area (TPSA) is 63.4 Å². The molecule has 1 aromatic carbocycles. The molecule has 1 atom stereocenters. The molecule has 2 saturated heterocycles. The number of aryl methyl sites for hydroxylation is 2. The number of rotatable bonds is 3. The van der Waals surface area contributed by atoms with Crippen LogP contribution in [0.15, 0.2) is 29.3 Å². The van der Waals surface area contributed by atoms with Crippen molar-refractivity contribution in [3.05, 3.63) is 62.5 Å². The highest BCUT2D eigenvalue weighted by molar-refractivity contribution is 7.15. The van der Waals surface area contributed by atoms with Crippen molar-refractivity contribution in [1.82, 2.24) is 19.7 Å². The number of amides is 1. The summed E-state index contributed by atoms with van der Waals surface area (Å²) in [5, 5.41) is 10.7. The van der Waals surface area contributed by atoms with Gasteiger partial charge in [-0.1, -0.05) is 23.7 Å². The zero-order chi connectivity index (χ0) is 22.9. The Morgan fingerprint density at radius 3 is 2.39 bits per heavy atom. The summed E-state index contributed by atoms with van der Waals surface area (Å²) in [5.74, 6) is 1.76. The van der Waals surface area contributed by atoms with Crippen molar-refractivity contribution in [1.29, 1.82) is 0 Å². The first kappa shape index (κ1) is 21.1. The molecule has 0 radical (unpaired) electrons. The SMILES string of the molecule is Cc1sc2c(c1C)C(c1ccc(Cl)cc1)=N[C@@H](CC(=O)N1C3CCC1CC3)c1nnc(C)n1-2. The summed E-state index contributed by atoms with van der Waals surface area (Å²) in [7, 11) is 0. The Balaban J connectivity index is 1.50. The molecule has 0 unspecified atom stereocenters. The van der Waals surface area contributed by atoms with E-state index in [0.717, 1.165) is 59.2 Å². The fourth-order valence-electron chi connectivity index (χ4n) is 5.72. The van der Waals surface area contributed by atoms with Crippen molar-refractivity contribution in [2.75, 3.05) is 0 Å². The Labute approximate surface area is 202 Å². The van der Waals surface area contributed by atoms with Gasteiger partial charge in [0, 0.05) is 33.1 Å². The van der Waals surface area contributed by atoms with Crippen LogP contribution in [0.4, 0.5) is 0 Å². The molecule has 0 spiro atoms. The molecule has 5 heterocycles. The number of carbonyl (C=O) groups excluding carboxylic acids is 1. The summed E-state index contributed by atoms with van der Waals surface area (Å²) >= 11 is 7.92. The molecule has 0 aliphatic carbocycles. The Bertz CT molecular complexity index is 1270. The van der Waals surface area contributed by atoms with E-state index in [0.29, 0.717) is 23.5 Å². The lowest BCUT2D eigenvalue weighted by Gasteiger charge is -2.23. The minimum absolute atomic E-state index is 0.189. The van der Waals surface area contributed by atoms with E-state index in [1.165, 1.54) is 10.4 Å². The largest absolute Gasteiger partial charge is 0.337 e. The number of thiophene rings is 1. The normalized spacial score (nSPS) is 23.3. The highest BCUT2D eigenvalue weighted by Crippen LogP contribution is 2.42. The average molecular weight is 480 g/mol. The summed E-state index contributed by atoms with van der Waals surface area (Å²) in [5.41, 5.74) is 4.19. The van der Waals surface area contributed by atoms with E-state index in [1.54, 1.807) is 11.3 Å². The van der Waals surface area contributed by atoms with Crippen molar-refractivity contribution in [3.63, 3.8) is 0 Å². The molecule has 2 bridgehead atoms. The standard InChI is InChI=1S/C25H26ClN5OS/c1-13-14(2)33-25-22(13)23(16-4-6-17(26)7-5-16)27-20(24-29-28-15(3)30(24)25)12-21(32)31-18-8-9-19(31)11-10-18/h4-7,18-20H,8-12H2,1-3H3/t18?,19?,20-/m0/s1. The Hall–Kier alpha value is -2.51. The predicted octanol–water partition coefficient (Wildman–Crippen LogP) is 5.34. The maximum atomic E-state index is 13.5. The first-order valence-electron chi connectivity index (χ1n) is 11.6. The van der Waals surface area contributed by atoms with Crippen molar-refractivity contribution >= 4 is 34.6 Å². The van der Waals surface area contributed by atoms with Gasteiger partial charge in [0.1, 0.15) is 16.9 Å². The van der Waals surface area contributed by atoms with Gasteiger partial charge in [-0.05, 0) is 64.2 Å². The molecule has 6 nitrogen and oxygen atoms in total. The minimum Gasteiger partial charge on any atom is -0.337 e. The summed E-state index contributed by atoms with van der Waals surface area (Å²) in [6.07, 6.45) is 4.84. The smallest absolute Gasteiger partial charge is 0.225 e. The predicted molar refractivity (Wildman–Crippen MR) is 131 cm³/mol. The highest BCUT2D eigenvalue weighted by Gasteiger charge is 2.43. The molecule has 6 rings (SSSR count). The Morgan fingerprint density at radius 1 is 1.06 bits per heavy atom. The van der Waals surface area contributed by atoms with Crippen LogP contribution in [0.2, 0.25) is 5.02 Å². The van der Waals surface area contributed by atoms with Crippen molar-refractivity contribution < 1.29 is 4.79 Å². The van der Waals surface area contributed by atoms with E-state index in [-0.39, 0.29) is 11.9 Å². The van der Waals surface area contributed by atoms with Crippen LogP contribution < -0.4 is 0 Å². The number of aliphatic imine (C=N–C) groups is 1. The molecule has 8 heteroatoms. The van der Waals surface area contributed by atoms with Crippen LogP contribution in [0.1, 0.15) is 71.4 Å². The zero-order valence-corrected chi connectivity index (χ0v) is 20.6. The van der Waals surface area contributed by atoms with E-state index in [4.69, 9.17) is 16.6 Å². The molecule has 33 heavy (non-hydrogen) atoms. The Morgan fingerprint density at radius 2 is 1.73 bits per heavy atom. The van der Waals surface area contributed by atoms with Crippen LogP contribution >= 0.6 is 22.9 Å². The second kappa shape index (κ2) is 7.77. The second-order valence-electron chi connectivity index (χ2n) is 9.37. The van der Waals surface area contributed by atoms with E-state index in [1.807, 2.05) is 31.2 Å². The first-order valence-corrected chi connectivity index (χ1v) is 12.8. The quantitative estimate of drug-likeness (QED) is 0.509. The number of nitrogens with zero attached hydrogens (tertiary/aromatic N) is 5. The molecule has 0 saturated carbocycles. The van der Waals surface area contributed by atoms with Crippen molar-refractivity contribution in [2.24, 2.45) is 4.99 Å². The minimum atomic E-state index is -0.385. The van der Waals surface area contributed by atoms with Gasteiger partial charge in [-0.2, -0.15) is 0 Å². The summed E-state index contributed by atoms with van der Waals surface area (Å²) < 4.78 is 2.11. The first-order chi connectivity index (χ1) is 15.9. The van der Waals surface area contributed by atoms with Gasteiger partial charge in [0.05, 0.1) is 12.1 Å². The van der Waals surface area contributed by atoms with Crippen LogP contribution in [0, 0.1) is 20.8 Å². The van der Waals surface area contributed by atoms with E-state index < -0.39 is 0 Å². The molecule has 2 aromatic heterocycles. The van der Waals surface area contributed by atoms with Gasteiger partial charge in [-0.15, -0.1) is 21.5 Å². The number of halogens is 1. The monoisotopic (exact) mass is 479 g/mol. The van der Waals surface area contributed by atoms with Gasteiger partial charge in [0.2, 0.25) is 5.91 Å². The van der Waals surface area contributed by atoms with Crippen LogP contribution in [-0.4, -0.2) is 43.4 Å². The molecule has 3 aliphatic rings. The van der Waals surface area contributed by atoms with Crippen molar-refractivity contribution in [3.8, 4) is 5.00 Å². The third-order valence-electron chi connectivity index (χ3n) is 7.47. The van der Waals surface area contributed by atoms with Crippen LogP contribution in [0.3, 0.4) is 0 Å². The fourth-order valence-corrected chi connectivity index (χ4v) is 7.06. The molecule has 0 N–H and O–H groups in total. The number of aromatic nitrogens is 3. The molecule has 1 amide bonds. The van der Waals surface area contributed by atoms with E-state index in [9.17, 15) is 4.79 Å². The fraction of sp³-hybridized carbons (Fsp3) is 0.440. The van der Waals surface area contributed by atoms with Crippen LogP contribution in [0.25, 0.3) is 5.00 Å². The maximum absolute atomic E-state index is 13.5. The third kappa shape index (κ3) is 3.28. The lowest BCUT2D eigenvalue weighted by atomic mass is 9.99. The van der Waals surface area contributed by atoms with E-state index in [2.05, 4.69) is 33.5 Å². The molecular formula is C25H26ClN5OS. The lowest BCUT2D eigenvalue weighted by Crippen LogP contribution is -2.36. The lowest BCUT2D eigenvalue weighted by molar-refractivity contribution is -0.132. The molecule has 170 valence electrons. The molecule has 2 fully saturated rings. The molecule has 3 aromatic rings. The van der Waals surface area contributed by atoms with Crippen LogP contribution in [-0.2, 0) is 4.79 Å². The second-order valence-corrected chi connectivity index (χ2v) is 11.0. The van der Waals surface area contributed by atoms with Crippen molar-refractivity contribution in [2.45, 2.75) is 71.0 Å². The maximum Gasteiger partial charge on any atom is 0.225 e. The van der Waals surface area contributed by atoms with Gasteiger partial charge >= 0.3 is 0 Å². The third-order valence-corrected chi connectivity index (χ3v) is 8.91. The van der Waals surface area contributed by atoms with Gasteiger partial charge in [0.15, 0.2) is 5.82 Å². The van der Waals surface area contributed by atoms with Crippen LogP contribution in [0.5, 0.6) is 0 Å². The number of hydrogen-bond donors (Lipinski definition) is 0. The van der Waals surface area contributed by atoms with Gasteiger partial charge < -0.3 is 4.90 Å². The number of carbonyl (C=O) groups is 1. The highest BCUT2D eigenvalue weighted by atomic mass is 35.5. The average Bonchev–Trinajstić information content (AvgIpc) is 3.54. The van der Waals surface area contributed by atoms with Gasteiger partial charge in [-0.3, -0.25) is 14.4 Å². The number of fused-ring (bicyclic) bond motifs is 5.